The third-order valence-electron chi connectivity index (χ3n) is 9.20. The maximum absolute atomic E-state index is 8.54. The van der Waals surface area contributed by atoms with E-state index in [9.17, 15) is 0 Å². The van der Waals surface area contributed by atoms with Crippen LogP contribution in [0.4, 0.5) is 0 Å². The molecule has 0 heterocycles. The van der Waals surface area contributed by atoms with Gasteiger partial charge in [-0.15, -0.1) is 6.54 Å². The Morgan fingerprint density at radius 2 is 0.906 bits per heavy atom. The van der Waals surface area contributed by atoms with Crippen LogP contribution in [-0.4, -0.2) is 43.4 Å². The van der Waals surface area contributed by atoms with Crippen LogP contribution in [0.5, 0.6) is 0 Å². The summed E-state index contributed by atoms with van der Waals surface area (Å²) in [5.74, 6) is 3.03. The van der Waals surface area contributed by atoms with E-state index >= 15 is 0 Å². The van der Waals surface area contributed by atoms with Crippen LogP contribution in [-0.2, 0) is 64.3 Å². The van der Waals surface area contributed by atoms with Gasteiger partial charge < -0.3 is 57.5 Å². The average Bonchev–Trinajstić information content (AvgIpc) is 3.92. The first-order valence-corrected chi connectivity index (χ1v) is 21.4. The van der Waals surface area contributed by atoms with Crippen LogP contribution in [0.2, 0.25) is 0 Å². The molecule has 0 saturated heterocycles. The van der Waals surface area contributed by atoms with Crippen LogP contribution in [0.3, 0.4) is 0 Å². The molecule has 53 heavy (non-hydrogen) atoms. The van der Waals surface area contributed by atoms with Gasteiger partial charge in [-0.1, -0.05) is 145 Å². The van der Waals surface area contributed by atoms with Gasteiger partial charge in [-0.05, 0) is 62.4 Å². The van der Waals surface area contributed by atoms with Crippen LogP contribution in [0, 0.1) is 78.6 Å². The van der Waals surface area contributed by atoms with E-state index in [0.29, 0.717) is 37.1 Å². The summed E-state index contributed by atoms with van der Waals surface area (Å²) >= 11 is 0. The molecule has 4 nitrogen and oxygen atoms in total. The van der Waals surface area contributed by atoms with Crippen molar-refractivity contribution < 1.29 is 64.3 Å². The molecule has 0 aromatic carbocycles. The molecule has 0 aromatic heterocycles. The Morgan fingerprint density at radius 3 is 1.15 bits per heavy atom. The maximum atomic E-state index is 8.54. The van der Waals surface area contributed by atoms with Crippen molar-refractivity contribution in [3.05, 3.63) is 43.6 Å². The first-order chi connectivity index (χ1) is 22.4. The van der Waals surface area contributed by atoms with Gasteiger partial charge in [-0.3, -0.25) is 0 Å². The molecule has 0 spiro atoms. The van der Waals surface area contributed by atoms with E-state index in [2.05, 4.69) is 52.5 Å². The average molecular weight is 1020 g/mol. The molecule has 4 rings (SSSR count). The van der Waals surface area contributed by atoms with E-state index in [4.69, 9.17) is 14.3 Å². The topological polar surface area (TPSA) is 45.5 Å². The minimum absolute atomic E-state index is 0. The zero-order valence-corrected chi connectivity index (χ0v) is 43.8. The van der Waals surface area contributed by atoms with Crippen LogP contribution in [0.25, 0.3) is 0 Å². The standard InChI is InChI=1S/C14H26N.C13H25NO2P.2C5H10.2C2H6.4CH3.2Fe.W/c1-2-15(11-13-7-3-4-8-13)12-14-9-5-6-10-14;1-6-9-15-17(16-10-7-8-14)13(11(2)3)12(4)5;2*1-2-4-5-3-1;2*1-2;;;;;;;/h13-14H,1-12H2;11-13H,1,6-7,9-10H2,2-5H3;2*1-5H2;2*1-2H3;4*1H3;;;/q2*-1;;;;;4*-1;3*+2. The molecule has 4 saturated carbocycles. The van der Waals surface area contributed by atoms with E-state index in [1.807, 2.05) is 27.7 Å². The molecule has 8 heteroatoms. The van der Waals surface area contributed by atoms with Crippen molar-refractivity contribution in [2.24, 2.45) is 23.7 Å². The predicted molar refractivity (Wildman–Crippen MR) is 233 cm³/mol. The number of nitriles is 1. The monoisotopic (exact) mass is 1020 g/mol. The summed E-state index contributed by atoms with van der Waals surface area (Å²) in [5, 5.41) is 8.54. The molecular weight excluding hydrogens is 927 g/mol. The molecule has 4 aliphatic rings. The molecule has 324 valence electrons. The molecule has 0 amide bonds. The number of nitrogens with zero attached hydrogens (tertiary/aromatic N) is 2. The fourth-order valence-corrected chi connectivity index (χ4v) is 8.92. The normalized spacial score (nSPS) is 15.9. The van der Waals surface area contributed by atoms with Crippen LogP contribution in [0.1, 0.15) is 184 Å². The van der Waals surface area contributed by atoms with Crippen molar-refractivity contribution >= 4 is 8.38 Å². The Bertz CT molecular complexity index is 587. The number of hydrogen-bond donors (Lipinski definition) is 0. The van der Waals surface area contributed by atoms with Crippen LogP contribution < -0.4 is 0 Å². The van der Waals surface area contributed by atoms with Gasteiger partial charge in [0.2, 0.25) is 0 Å². The van der Waals surface area contributed by atoms with Crippen molar-refractivity contribution in [1.29, 1.82) is 5.26 Å². The Kier molecular flexibility index (Phi) is 82.3. The SMILES string of the molecule is C1CCCC1.C1CCCC1.CC.CC.[CH2-]CCOP(OCCC#N)C(C(C)C)C(C)C.[CH2-]CN(CC1CCCC1)CC1CCCC1.[CH3-].[CH3-].[CH3-].[CH3-].[Fe+2].[Fe+2].[W+2]. The van der Waals surface area contributed by atoms with Crippen molar-refractivity contribution in [2.45, 2.75) is 189 Å². The Hall–Kier alpha value is 1.53. The molecule has 0 radical (unpaired) electrons. The summed E-state index contributed by atoms with van der Waals surface area (Å²) in [6.45, 7) is 29.4. The van der Waals surface area contributed by atoms with Crippen molar-refractivity contribution in [3.8, 4) is 6.07 Å². The molecule has 4 fully saturated rings. The van der Waals surface area contributed by atoms with Gasteiger partial charge >= 0.3 is 55.2 Å². The fourth-order valence-electron chi connectivity index (χ4n) is 6.94. The maximum Gasteiger partial charge on any atom is 2.00 e. The minimum Gasteiger partial charge on any atom is -0.358 e. The fraction of sp³-hybridized carbons (Fsp3) is 0.844. The van der Waals surface area contributed by atoms with Gasteiger partial charge in [-0.25, -0.2) is 0 Å². The summed E-state index contributed by atoms with van der Waals surface area (Å²) in [6, 6.07) is 2.09. The summed E-state index contributed by atoms with van der Waals surface area (Å²) in [6.07, 6.45) is 28.0. The van der Waals surface area contributed by atoms with Gasteiger partial charge in [0.1, 0.15) is 0 Å². The second-order valence-electron chi connectivity index (χ2n) is 13.8. The molecule has 4 aliphatic carbocycles. The van der Waals surface area contributed by atoms with E-state index in [-0.39, 0.29) is 84.9 Å². The summed E-state index contributed by atoms with van der Waals surface area (Å²) in [4.78, 5) is 2.62. The molecule has 0 N–H and O–H groups in total. The van der Waals surface area contributed by atoms with Crippen molar-refractivity contribution in [2.75, 3.05) is 32.8 Å². The number of rotatable bonds is 14. The Labute approximate surface area is 375 Å². The van der Waals surface area contributed by atoms with E-state index < -0.39 is 8.38 Å². The summed E-state index contributed by atoms with van der Waals surface area (Å²) in [5.41, 5.74) is 0.412. The van der Waals surface area contributed by atoms with E-state index in [1.165, 1.54) is 129 Å². The van der Waals surface area contributed by atoms with Crippen molar-refractivity contribution in [3.63, 3.8) is 0 Å². The van der Waals surface area contributed by atoms with Crippen LogP contribution >= 0.6 is 8.38 Å². The van der Waals surface area contributed by atoms with E-state index in [1.54, 1.807) is 0 Å². The molecule has 1 unspecified atom stereocenters. The van der Waals surface area contributed by atoms with Crippen LogP contribution in [0.15, 0.2) is 0 Å². The number of hydrogen-bond acceptors (Lipinski definition) is 4. The zero-order valence-electron chi connectivity index (χ0n) is 37.8. The van der Waals surface area contributed by atoms with Gasteiger partial charge in [0.15, 0.2) is 8.38 Å². The second kappa shape index (κ2) is 57.8. The molecule has 1 atom stereocenters. The Morgan fingerprint density at radius 1 is 0.604 bits per heavy atom. The van der Waals surface area contributed by atoms with Gasteiger partial charge in [0.05, 0.1) is 19.1 Å². The second-order valence-corrected chi connectivity index (χ2v) is 15.5. The quantitative estimate of drug-likeness (QED) is 0.0753. The largest absolute Gasteiger partial charge is 2.00 e. The van der Waals surface area contributed by atoms with Gasteiger partial charge in [0, 0.05) is 12.3 Å². The van der Waals surface area contributed by atoms with Crippen molar-refractivity contribution in [1.82, 2.24) is 4.90 Å². The molecule has 0 bridgehead atoms. The third-order valence-corrected chi connectivity index (χ3v) is 11.8. The summed E-state index contributed by atoms with van der Waals surface area (Å²) < 4.78 is 11.6. The first-order valence-electron chi connectivity index (χ1n) is 20.2. The molecule has 0 aliphatic heterocycles. The first kappa shape index (κ1) is 75.4. The minimum atomic E-state index is -0.912. The summed E-state index contributed by atoms with van der Waals surface area (Å²) in [7, 11) is -0.912. The zero-order chi connectivity index (χ0) is 34.8. The molecule has 0 aromatic rings. The van der Waals surface area contributed by atoms with Gasteiger partial charge in [0.25, 0.3) is 0 Å². The third kappa shape index (κ3) is 44.5. The molecular formula is C45H95Fe2N2O2PW. The smallest absolute Gasteiger partial charge is 0.358 e. The van der Waals surface area contributed by atoms with E-state index in [0.717, 1.165) is 24.8 Å². The predicted octanol–water partition coefficient (Wildman–Crippen LogP) is 15.4. The van der Waals surface area contributed by atoms with Gasteiger partial charge in [-0.2, -0.15) is 11.7 Å². The Balaban J connectivity index is -0.0000000700.